The van der Waals surface area contributed by atoms with Gasteiger partial charge >= 0.3 is 0 Å². The fraction of sp³-hybridized carbons (Fsp3) is 0.400. The number of carbonyl (C=O) groups excluding carboxylic acids is 1. The number of nitrogens with zero attached hydrogens (tertiary/aromatic N) is 3. The van der Waals surface area contributed by atoms with Crippen LogP contribution in [-0.4, -0.2) is 35.4 Å². The maximum atomic E-state index is 13.0. The minimum absolute atomic E-state index is 0.0792. The molecule has 126 valence electrons. The molecule has 0 bridgehead atoms. The van der Waals surface area contributed by atoms with Crippen LogP contribution in [0.1, 0.15) is 25.3 Å². The van der Waals surface area contributed by atoms with Crippen LogP contribution < -0.4 is 4.90 Å². The van der Waals surface area contributed by atoms with Gasteiger partial charge in [-0.3, -0.25) is 14.7 Å². The Hall–Kier alpha value is -2.20. The van der Waals surface area contributed by atoms with Crippen molar-refractivity contribution in [1.82, 2.24) is 9.88 Å². The number of hydrogen-bond acceptors (Lipinski definition) is 3. The molecule has 24 heavy (non-hydrogen) atoms. The van der Waals surface area contributed by atoms with Gasteiger partial charge in [0.1, 0.15) is 0 Å². The molecule has 4 heteroatoms. The smallest absolute Gasteiger partial charge is 0.231 e. The molecule has 1 aliphatic rings. The minimum Gasteiger partial charge on any atom is -0.312 e. The molecule has 3 rings (SSSR count). The van der Waals surface area contributed by atoms with Crippen LogP contribution >= 0.6 is 0 Å². The van der Waals surface area contributed by atoms with E-state index in [4.69, 9.17) is 0 Å². The number of carbonyl (C=O) groups is 1. The Bertz CT molecular complexity index is 644. The van der Waals surface area contributed by atoms with E-state index in [2.05, 4.69) is 34.1 Å². The highest BCUT2D eigenvalue weighted by molar-refractivity contribution is 5.95. The monoisotopic (exact) mass is 323 g/mol. The number of benzene rings is 1. The first-order chi connectivity index (χ1) is 11.8. The highest BCUT2D eigenvalue weighted by Crippen LogP contribution is 2.23. The van der Waals surface area contributed by atoms with Gasteiger partial charge in [0, 0.05) is 37.7 Å². The summed E-state index contributed by atoms with van der Waals surface area (Å²) in [5.41, 5.74) is 2.25. The number of pyridine rings is 1. The van der Waals surface area contributed by atoms with E-state index in [1.165, 1.54) is 5.56 Å². The van der Waals surface area contributed by atoms with Crippen molar-refractivity contribution in [1.29, 1.82) is 0 Å². The van der Waals surface area contributed by atoms with E-state index in [1.54, 1.807) is 12.4 Å². The zero-order chi connectivity index (χ0) is 16.8. The van der Waals surface area contributed by atoms with Crippen molar-refractivity contribution in [3.63, 3.8) is 0 Å². The van der Waals surface area contributed by atoms with Crippen molar-refractivity contribution in [3.8, 4) is 0 Å². The summed E-state index contributed by atoms with van der Waals surface area (Å²) in [5, 5.41) is 0. The van der Waals surface area contributed by atoms with E-state index in [0.717, 1.165) is 38.2 Å². The Morgan fingerprint density at radius 3 is 2.67 bits per heavy atom. The average Bonchev–Trinajstić information content (AvgIpc) is 2.64. The van der Waals surface area contributed by atoms with E-state index in [0.29, 0.717) is 6.54 Å². The van der Waals surface area contributed by atoms with E-state index >= 15 is 0 Å². The first kappa shape index (κ1) is 16.7. The van der Waals surface area contributed by atoms with E-state index in [9.17, 15) is 4.79 Å². The molecule has 2 aromatic rings. The Morgan fingerprint density at radius 1 is 1.21 bits per heavy atom. The molecule has 0 aliphatic carbocycles. The zero-order valence-electron chi connectivity index (χ0n) is 14.3. The molecule has 0 spiro atoms. The lowest BCUT2D eigenvalue weighted by Gasteiger charge is -2.34. The van der Waals surface area contributed by atoms with Crippen LogP contribution in [0.15, 0.2) is 54.9 Å². The van der Waals surface area contributed by atoms with Crippen molar-refractivity contribution in [2.45, 2.75) is 26.3 Å². The molecule has 1 aliphatic heterocycles. The third kappa shape index (κ3) is 4.01. The molecule has 1 unspecified atom stereocenters. The SMILES string of the molecule is CCN(C(=O)C1CCCN(Cc2ccccc2)C1)c1ccncc1. The molecule has 2 heterocycles. The summed E-state index contributed by atoms with van der Waals surface area (Å²) in [4.78, 5) is 21.3. The summed E-state index contributed by atoms with van der Waals surface area (Å²) in [6.45, 7) is 5.56. The summed E-state index contributed by atoms with van der Waals surface area (Å²) in [7, 11) is 0. The van der Waals surface area contributed by atoms with E-state index in [-0.39, 0.29) is 11.8 Å². The molecular weight excluding hydrogens is 298 g/mol. The molecule has 0 saturated carbocycles. The van der Waals surface area contributed by atoms with Gasteiger partial charge in [-0.1, -0.05) is 30.3 Å². The molecule has 1 atom stereocenters. The molecule has 4 nitrogen and oxygen atoms in total. The second kappa shape index (κ2) is 8.06. The van der Waals surface area contributed by atoms with Gasteiger partial charge in [0.25, 0.3) is 0 Å². The predicted octanol–water partition coefficient (Wildman–Crippen LogP) is 3.35. The van der Waals surface area contributed by atoms with Crippen LogP contribution in [0, 0.1) is 5.92 Å². The molecule has 1 amide bonds. The third-order valence-corrected chi connectivity index (χ3v) is 4.66. The summed E-state index contributed by atoms with van der Waals surface area (Å²) in [6.07, 6.45) is 5.55. The quantitative estimate of drug-likeness (QED) is 0.847. The van der Waals surface area contributed by atoms with Crippen molar-refractivity contribution in [2.24, 2.45) is 5.92 Å². The van der Waals surface area contributed by atoms with Gasteiger partial charge in [-0.05, 0) is 44.0 Å². The van der Waals surface area contributed by atoms with E-state index < -0.39 is 0 Å². The summed E-state index contributed by atoms with van der Waals surface area (Å²) in [6, 6.07) is 14.3. The lowest BCUT2D eigenvalue weighted by molar-refractivity contribution is -0.124. The maximum absolute atomic E-state index is 13.0. The lowest BCUT2D eigenvalue weighted by atomic mass is 9.95. The Labute approximate surface area is 144 Å². The van der Waals surface area contributed by atoms with Gasteiger partial charge in [0.15, 0.2) is 0 Å². The second-order valence-corrected chi connectivity index (χ2v) is 6.35. The number of rotatable bonds is 5. The zero-order valence-corrected chi connectivity index (χ0v) is 14.3. The van der Waals surface area contributed by atoms with Gasteiger partial charge in [0.05, 0.1) is 5.92 Å². The third-order valence-electron chi connectivity index (χ3n) is 4.66. The molecular formula is C20H25N3O. The van der Waals surface area contributed by atoms with Crippen LogP contribution in [0.5, 0.6) is 0 Å². The summed E-state index contributed by atoms with van der Waals surface area (Å²) in [5.74, 6) is 0.317. The maximum Gasteiger partial charge on any atom is 0.231 e. The topological polar surface area (TPSA) is 36.4 Å². The Morgan fingerprint density at radius 2 is 1.96 bits per heavy atom. The van der Waals surface area contributed by atoms with Gasteiger partial charge in [0.2, 0.25) is 5.91 Å². The highest BCUT2D eigenvalue weighted by Gasteiger charge is 2.29. The molecule has 1 fully saturated rings. The van der Waals surface area contributed by atoms with Gasteiger partial charge < -0.3 is 4.90 Å². The Balaban J connectivity index is 1.66. The molecule has 1 aromatic carbocycles. The molecule has 1 aromatic heterocycles. The number of anilines is 1. The van der Waals surface area contributed by atoms with E-state index in [1.807, 2.05) is 30.0 Å². The van der Waals surface area contributed by atoms with Gasteiger partial charge in [-0.2, -0.15) is 0 Å². The first-order valence-corrected chi connectivity index (χ1v) is 8.75. The van der Waals surface area contributed by atoms with Crippen LogP contribution in [-0.2, 0) is 11.3 Å². The van der Waals surface area contributed by atoms with Crippen molar-refractivity contribution < 1.29 is 4.79 Å². The number of amides is 1. The number of piperidine rings is 1. The Kier molecular flexibility index (Phi) is 5.59. The first-order valence-electron chi connectivity index (χ1n) is 8.75. The standard InChI is InChI=1S/C20H25N3O/c1-2-23(19-10-12-21-13-11-19)20(24)18-9-6-14-22(16-18)15-17-7-4-3-5-8-17/h3-5,7-8,10-13,18H,2,6,9,14-16H2,1H3. The predicted molar refractivity (Wildman–Crippen MR) is 96.7 cm³/mol. The number of likely N-dealkylation sites (tertiary alicyclic amines) is 1. The van der Waals surface area contributed by atoms with Gasteiger partial charge in [-0.15, -0.1) is 0 Å². The molecule has 1 saturated heterocycles. The van der Waals surface area contributed by atoms with Crippen LogP contribution in [0.3, 0.4) is 0 Å². The van der Waals surface area contributed by atoms with Crippen molar-refractivity contribution >= 4 is 11.6 Å². The van der Waals surface area contributed by atoms with Crippen LogP contribution in [0.4, 0.5) is 5.69 Å². The van der Waals surface area contributed by atoms with Crippen LogP contribution in [0.2, 0.25) is 0 Å². The molecule has 0 N–H and O–H groups in total. The summed E-state index contributed by atoms with van der Waals surface area (Å²) < 4.78 is 0. The number of aromatic nitrogens is 1. The highest BCUT2D eigenvalue weighted by atomic mass is 16.2. The fourth-order valence-corrected chi connectivity index (χ4v) is 3.45. The second-order valence-electron chi connectivity index (χ2n) is 6.35. The molecule has 0 radical (unpaired) electrons. The normalized spacial score (nSPS) is 18.3. The van der Waals surface area contributed by atoms with Gasteiger partial charge in [-0.25, -0.2) is 0 Å². The lowest BCUT2D eigenvalue weighted by Crippen LogP contribution is -2.44. The van der Waals surface area contributed by atoms with Crippen molar-refractivity contribution in [3.05, 3.63) is 60.4 Å². The summed E-state index contributed by atoms with van der Waals surface area (Å²) >= 11 is 0. The largest absolute Gasteiger partial charge is 0.312 e. The number of hydrogen-bond donors (Lipinski definition) is 0. The van der Waals surface area contributed by atoms with Crippen LogP contribution in [0.25, 0.3) is 0 Å². The minimum atomic E-state index is 0.0792. The van der Waals surface area contributed by atoms with Crippen molar-refractivity contribution in [2.75, 3.05) is 24.5 Å². The average molecular weight is 323 g/mol. The fourth-order valence-electron chi connectivity index (χ4n) is 3.45.